The molecule has 9 heteroatoms. The lowest BCUT2D eigenvalue weighted by Gasteiger charge is -2.11. The zero-order valence-electron chi connectivity index (χ0n) is 17.8. The van der Waals surface area contributed by atoms with Crippen LogP contribution in [0.5, 0.6) is 5.75 Å². The molecule has 0 spiro atoms. The van der Waals surface area contributed by atoms with Crippen LogP contribution in [0.2, 0.25) is 10.0 Å². The van der Waals surface area contributed by atoms with Gasteiger partial charge in [0.2, 0.25) is 0 Å². The molecular formula is C24H22Cl2N2O4S. The summed E-state index contributed by atoms with van der Waals surface area (Å²) < 4.78 is 10.4. The summed E-state index contributed by atoms with van der Waals surface area (Å²) >= 11 is 14.0. The number of amides is 2. The van der Waals surface area contributed by atoms with Gasteiger partial charge in [-0.2, -0.15) is 11.8 Å². The van der Waals surface area contributed by atoms with Crippen LogP contribution in [0.25, 0.3) is 6.08 Å². The van der Waals surface area contributed by atoms with Crippen molar-refractivity contribution in [3.05, 3.63) is 93.5 Å². The van der Waals surface area contributed by atoms with Crippen molar-refractivity contribution in [2.75, 3.05) is 19.4 Å². The zero-order chi connectivity index (χ0) is 23.6. The number of thioether (sulfide) groups is 1. The van der Waals surface area contributed by atoms with Crippen molar-refractivity contribution in [3.8, 4) is 5.75 Å². The lowest BCUT2D eigenvalue weighted by molar-refractivity contribution is -0.117. The molecule has 2 N–H and O–H groups in total. The maximum atomic E-state index is 12.8. The number of halogens is 2. The van der Waals surface area contributed by atoms with E-state index < -0.39 is 11.8 Å². The number of carbonyl (C=O) groups is 2. The highest BCUT2D eigenvalue weighted by Gasteiger charge is 2.15. The highest BCUT2D eigenvalue weighted by Crippen LogP contribution is 2.28. The summed E-state index contributed by atoms with van der Waals surface area (Å²) in [4.78, 5) is 25.4. The van der Waals surface area contributed by atoms with Crippen molar-refractivity contribution in [2.45, 2.75) is 5.75 Å². The quantitative estimate of drug-likeness (QED) is 0.284. The van der Waals surface area contributed by atoms with Gasteiger partial charge in [-0.05, 0) is 54.1 Å². The molecule has 0 radical (unpaired) electrons. The van der Waals surface area contributed by atoms with Crippen molar-refractivity contribution in [1.29, 1.82) is 0 Å². The Balaban J connectivity index is 1.58. The van der Waals surface area contributed by atoms with Gasteiger partial charge in [0.15, 0.2) is 0 Å². The van der Waals surface area contributed by atoms with E-state index in [-0.39, 0.29) is 5.70 Å². The number of hydrogen-bond acceptors (Lipinski definition) is 5. The molecule has 0 saturated carbocycles. The van der Waals surface area contributed by atoms with E-state index in [9.17, 15) is 9.59 Å². The third kappa shape index (κ3) is 7.32. The topological polar surface area (TPSA) is 80.6 Å². The van der Waals surface area contributed by atoms with Crippen LogP contribution < -0.4 is 15.4 Å². The molecule has 3 rings (SSSR count). The number of ether oxygens (including phenoxy) is 1. The number of carbonyl (C=O) groups excluding carboxylic acids is 2. The van der Waals surface area contributed by atoms with Crippen LogP contribution in [0, 0.1) is 0 Å². The molecular weight excluding hydrogens is 483 g/mol. The van der Waals surface area contributed by atoms with Crippen molar-refractivity contribution in [1.82, 2.24) is 10.6 Å². The predicted molar refractivity (Wildman–Crippen MR) is 133 cm³/mol. The average Bonchev–Trinajstić information content (AvgIpc) is 3.33. The number of rotatable bonds is 10. The van der Waals surface area contributed by atoms with Crippen LogP contribution in [0.1, 0.15) is 21.7 Å². The lowest BCUT2D eigenvalue weighted by atomic mass is 10.2. The molecule has 0 saturated heterocycles. The van der Waals surface area contributed by atoms with Crippen molar-refractivity contribution in [3.63, 3.8) is 0 Å². The fraction of sp³-hybridized carbons (Fsp3) is 0.167. The summed E-state index contributed by atoms with van der Waals surface area (Å²) in [6.07, 6.45) is 2.97. The Hall–Kier alpha value is -2.87. The highest BCUT2D eigenvalue weighted by molar-refractivity contribution is 7.98. The molecule has 6 nitrogen and oxygen atoms in total. The van der Waals surface area contributed by atoms with Crippen LogP contribution in [0.15, 0.2) is 71.0 Å². The summed E-state index contributed by atoms with van der Waals surface area (Å²) in [7, 11) is 1.55. The minimum Gasteiger partial charge on any atom is -0.497 e. The first-order valence-corrected chi connectivity index (χ1v) is 11.9. The molecule has 0 aliphatic carbocycles. The monoisotopic (exact) mass is 504 g/mol. The lowest BCUT2D eigenvalue weighted by Crippen LogP contribution is -2.35. The summed E-state index contributed by atoms with van der Waals surface area (Å²) in [6.45, 7) is 0.388. The molecule has 0 bridgehead atoms. The van der Waals surface area contributed by atoms with Crippen LogP contribution in [-0.4, -0.2) is 31.2 Å². The number of hydrogen-bond donors (Lipinski definition) is 2. The predicted octanol–water partition coefficient (Wildman–Crippen LogP) is 5.42. The Morgan fingerprint density at radius 2 is 1.79 bits per heavy atom. The van der Waals surface area contributed by atoms with E-state index in [1.54, 1.807) is 73.5 Å². The fourth-order valence-electron chi connectivity index (χ4n) is 2.79. The maximum absolute atomic E-state index is 12.8. The Morgan fingerprint density at radius 1 is 1.06 bits per heavy atom. The molecule has 3 aromatic rings. The molecule has 2 aromatic carbocycles. The molecule has 172 valence electrons. The van der Waals surface area contributed by atoms with Gasteiger partial charge in [-0.25, -0.2) is 0 Å². The van der Waals surface area contributed by atoms with Gasteiger partial charge in [-0.1, -0.05) is 29.3 Å². The molecule has 1 heterocycles. The number of benzene rings is 2. The fourth-order valence-corrected chi connectivity index (χ4v) is 4.38. The molecule has 0 unspecified atom stereocenters. The third-order valence-electron chi connectivity index (χ3n) is 4.51. The number of methoxy groups -OCH3 is 1. The Bertz CT molecular complexity index is 1100. The first-order chi connectivity index (χ1) is 16.0. The van der Waals surface area contributed by atoms with Crippen LogP contribution in [-0.2, 0) is 10.5 Å². The third-order valence-corrected chi connectivity index (χ3v) is 6.21. The number of furan rings is 1. The first-order valence-electron chi connectivity index (χ1n) is 9.97. The molecule has 0 atom stereocenters. The molecule has 0 aliphatic heterocycles. The smallest absolute Gasteiger partial charge is 0.267 e. The zero-order valence-corrected chi connectivity index (χ0v) is 20.1. The van der Waals surface area contributed by atoms with Gasteiger partial charge < -0.3 is 19.8 Å². The Kier molecular flexibility index (Phi) is 9.30. The van der Waals surface area contributed by atoms with E-state index in [2.05, 4.69) is 10.6 Å². The van der Waals surface area contributed by atoms with E-state index in [1.165, 1.54) is 12.3 Å². The van der Waals surface area contributed by atoms with Gasteiger partial charge in [0.1, 0.15) is 17.2 Å². The number of nitrogens with one attached hydrogen (secondary N) is 2. The summed E-state index contributed by atoms with van der Waals surface area (Å²) in [5.74, 6) is 1.48. The molecule has 1 aromatic heterocycles. The van der Waals surface area contributed by atoms with Crippen molar-refractivity contribution in [2.24, 2.45) is 0 Å². The van der Waals surface area contributed by atoms with Crippen molar-refractivity contribution < 1.29 is 18.7 Å². The van der Waals surface area contributed by atoms with E-state index in [1.807, 2.05) is 0 Å². The van der Waals surface area contributed by atoms with Gasteiger partial charge in [-0.15, -0.1) is 0 Å². The molecule has 0 fully saturated rings. The normalized spacial score (nSPS) is 11.2. The van der Waals surface area contributed by atoms with E-state index in [0.29, 0.717) is 45.2 Å². The van der Waals surface area contributed by atoms with Crippen LogP contribution >= 0.6 is 35.0 Å². The SMILES string of the molecule is COc1ccc(C(=O)N/C(=C\c2ccco2)C(=O)NCCSCc2c(Cl)cccc2Cl)cc1. The average molecular weight is 505 g/mol. The van der Waals surface area contributed by atoms with E-state index >= 15 is 0 Å². The molecule has 2 amide bonds. The van der Waals surface area contributed by atoms with Gasteiger partial charge >= 0.3 is 0 Å². The Morgan fingerprint density at radius 3 is 2.42 bits per heavy atom. The maximum Gasteiger partial charge on any atom is 0.267 e. The van der Waals surface area contributed by atoms with E-state index in [4.69, 9.17) is 32.4 Å². The minimum absolute atomic E-state index is 0.0740. The van der Waals surface area contributed by atoms with Crippen molar-refractivity contribution >= 4 is 52.9 Å². The van der Waals surface area contributed by atoms with Gasteiger partial charge in [0.05, 0.1) is 13.4 Å². The second-order valence-corrected chi connectivity index (χ2v) is 8.68. The Labute approximate surface area is 206 Å². The molecule has 33 heavy (non-hydrogen) atoms. The van der Waals surface area contributed by atoms with Gasteiger partial charge in [0.25, 0.3) is 11.8 Å². The van der Waals surface area contributed by atoms with Crippen LogP contribution in [0.4, 0.5) is 0 Å². The second kappa shape index (κ2) is 12.4. The van der Waals surface area contributed by atoms with Gasteiger partial charge in [-0.3, -0.25) is 9.59 Å². The summed E-state index contributed by atoms with van der Waals surface area (Å²) in [5.41, 5.74) is 1.33. The minimum atomic E-state index is -0.426. The van der Waals surface area contributed by atoms with Gasteiger partial charge in [0, 0.05) is 39.7 Å². The van der Waals surface area contributed by atoms with Crippen LogP contribution in [0.3, 0.4) is 0 Å². The summed E-state index contributed by atoms with van der Waals surface area (Å²) in [5, 5.41) is 6.70. The van der Waals surface area contributed by atoms with E-state index in [0.717, 1.165) is 5.56 Å². The standard InChI is InChI=1S/C24H22Cl2N2O4S/c1-31-17-9-7-16(8-10-17)23(29)28-22(14-18-4-3-12-32-18)24(30)27-11-13-33-15-19-20(25)5-2-6-21(19)26/h2-10,12,14H,11,13,15H2,1H3,(H,27,30)(H,28,29)/b22-14-. The largest absolute Gasteiger partial charge is 0.497 e. The second-order valence-electron chi connectivity index (χ2n) is 6.76. The molecule has 0 aliphatic rings. The summed E-state index contributed by atoms with van der Waals surface area (Å²) in [6, 6.07) is 15.4. The highest BCUT2D eigenvalue weighted by atomic mass is 35.5. The first kappa shape index (κ1) is 24.8.